The molecular weight excluding hydrogens is 494 g/mol. The van der Waals surface area contributed by atoms with Crippen LogP contribution in [0.4, 0.5) is 16.2 Å². The van der Waals surface area contributed by atoms with E-state index in [9.17, 15) is 27.4 Å². The molecule has 9 nitrogen and oxygen atoms in total. The fourth-order valence-corrected chi connectivity index (χ4v) is 5.40. The van der Waals surface area contributed by atoms with Gasteiger partial charge in [0.25, 0.3) is 21.9 Å². The summed E-state index contributed by atoms with van der Waals surface area (Å²) in [4.78, 5) is 39.8. The van der Waals surface area contributed by atoms with E-state index in [0.29, 0.717) is 17.8 Å². The summed E-state index contributed by atoms with van der Waals surface area (Å²) in [6, 6.07) is 9.02. The molecule has 1 heterocycles. The first-order chi connectivity index (χ1) is 17.4. The van der Waals surface area contributed by atoms with Crippen molar-refractivity contribution >= 4 is 39.3 Å². The molecule has 4 amide bonds. The average Bonchev–Trinajstić information content (AvgIpc) is 3.09. The highest BCUT2D eigenvalue weighted by molar-refractivity contribution is 7.85. The highest BCUT2D eigenvalue weighted by Crippen LogP contribution is 2.40. The molecule has 1 aliphatic heterocycles. The Hall–Kier alpha value is -3.24. The lowest BCUT2D eigenvalue weighted by molar-refractivity contribution is 0.0533. The highest BCUT2D eigenvalue weighted by Gasteiger charge is 2.40. The van der Waals surface area contributed by atoms with Gasteiger partial charge in [0.15, 0.2) is 0 Å². The summed E-state index contributed by atoms with van der Waals surface area (Å²) in [5.74, 6) is -0.532. The fraction of sp³-hybridized carbons (Fsp3) is 0.444. The van der Waals surface area contributed by atoms with Gasteiger partial charge in [-0.1, -0.05) is 59.4 Å². The first kappa shape index (κ1) is 28.3. The summed E-state index contributed by atoms with van der Waals surface area (Å²) in [6.07, 6.45) is 5.05. The second-order valence-electron chi connectivity index (χ2n) is 9.78. The summed E-state index contributed by atoms with van der Waals surface area (Å²) in [5.41, 5.74) is 1.02. The van der Waals surface area contributed by atoms with Gasteiger partial charge in [-0.2, -0.15) is 8.42 Å². The second kappa shape index (κ2) is 11.4. The molecule has 0 bridgehead atoms. The number of carbonyl (C=O) groups excluding carboxylic acids is 3. The largest absolute Gasteiger partial charge is 0.323 e. The molecule has 0 fully saturated rings. The van der Waals surface area contributed by atoms with Gasteiger partial charge in [-0.05, 0) is 54.2 Å². The SMILES string of the molecule is CCCCC(C)(CC)C(CC)CN1C(=O)c2ccc(NC(=O)Nc3cccc(S(=O)(=O)O)c3)cc2C1=O. The number of hydrogen-bond acceptors (Lipinski definition) is 5. The number of imide groups is 1. The van der Waals surface area contributed by atoms with Crippen molar-refractivity contribution in [2.45, 2.75) is 64.7 Å². The van der Waals surface area contributed by atoms with Crippen LogP contribution in [0.15, 0.2) is 47.4 Å². The Labute approximate surface area is 218 Å². The fourth-order valence-electron chi connectivity index (χ4n) is 4.87. The monoisotopic (exact) mass is 529 g/mol. The first-order valence-corrected chi connectivity index (χ1v) is 14.0. The van der Waals surface area contributed by atoms with Crippen LogP contribution in [0.2, 0.25) is 0 Å². The summed E-state index contributed by atoms with van der Waals surface area (Å²) in [7, 11) is -4.42. The van der Waals surface area contributed by atoms with Gasteiger partial charge in [0, 0.05) is 17.9 Å². The molecule has 3 rings (SSSR count). The van der Waals surface area contributed by atoms with Gasteiger partial charge in [0.1, 0.15) is 0 Å². The molecule has 1 aliphatic rings. The zero-order valence-electron chi connectivity index (χ0n) is 21.7. The van der Waals surface area contributed by atoms with E-state index < -0.39 is 16.1 Å². The average molecular weight is 530 g/mol. The molecule has 2 aromatic rings. The Balaban J connectivity index is 1.74. The maximum atomic E-state index is 13.2. The van der Waals surface area contributed by atoms with Gasteiger partial charge in [0.05, 0.1) is 16.0 Å². The number of anilines is 2. The maximum absolute atomic E-state index is 13.2. The van der Waals surface area contributed by atoms with Gasteiger partial charge in [-0.3, -0.25) is 19.0 Å². The Kier molecular flexibility index (Phi) is 8.76. The summed E-state index contributed by atoms with van der Waals surface area (Å²) in [6.45, 7) is 8.99. The van der Waals surface area contributed by atoms with Crippen molar-refractivity contribution in [1.82, 2.24) is 4.90 Å². The normalized spacial score (nSPS) is 15.8. The third kappa shape index (κ3) is 6.37. The van der Waals surface area contributed by atoms with E-state index in [-0.39, 0.29) is 39.3 Å². The Morgan fingerprint density at radius 3 is 2.24 bits per heavy atom. The second-order valence-corrected chi connectivity index (χ2v) is 11.2. The van der Waals surface area contributed by atoms with E-state index in [1.54, 1.807) is 0 Å². The van der Waals surface area contributed by atoms with Gasteiger partial charge >= 0.3 is 6.03 Å². The van der Waals surface area contributed by atoms with Gasteiger partial charge in [0.2, 0.25) is 0 Å². The quantitative estimate of drug-likeness (QED) is 0.249. The third-order valence-corrected chi connectivity index (χ3v) is 8.26. The van der Waals surface area contributed by atoms with Crippen molar-refractivity contribution < 1.29 is 27.4 Å². The number of carbonyl (C=O) groups is 3. The van der Waals surface area contributed by atoms with Crippen LogP contribution in [0, 0.1) is 11.3 Å². The lowest BCUT2D eigenvalue weighted by Gasteiger charge is -2.38. The number of nitrogens with one attached hydrogen (secondary N) is 2. The number of unbranched alkanes of at least 4 members (excludes halogenated alkanes) is 1. The van der Waals surface area contributed by atoms with Crippen molar-refractivity contribution in [2.75, 3.05) is 17.2 Å². The van der Waals surface area contributed by atoms with Crippen molar-refractivity contribution in [3.63, 3.8) is 0 Å². The minimum atomic E-state index is -4.42. The predicted molar refractivity (Wildman–Crippen MR) is 142 cm³/mol. The number of benzene rings is 2. The van der Waals surface area contributed by atoms with Crippen LogP contribution in [0.1, 0.15) is 80.5 Å². The van der Waals surface area contributed by atoms with Crippen molar-refractivity contribution in [3.05, 3.63) is 53.6 Å². The smallest absolute Gasteiger partial charge is 0.308 e. The van der Waals surface area contributed by atoms with E-state index in [2.05, 4.69) is 38.3 Å². The Morgan fingerprint density at radius 2 is 1.65 bits per heavy atom. The molecular formula is C27H35N3O6S. The van der Waals surface area contributed by atoms with Gasteiger partial charge in [-0.25, -0.2) is 4.79 Å². The molecule has 0 saturated heterocycles. The number of hydrogen-bond donors (Lipinski definition) is 3. The zero-order chi connectivity index (χ0) is 27.4. The molecule has 3 N–H and O–H groups in total. The Bertz CT molecular complexity index is 1290. The molecule has 10 heteroatoms. The summed E-state index contributed by atoms with van der Waals surface area (Å²) < 4.78 is 31.8. The van der Waals surface area contributed by atoms with Crippen molar-refractivity contribution in [1.29, 1.82) is 0 Å². The van der Waals surface area contributed by atoms with Crippen LogP contribution in [-0.2, 0) is 10.1 Å². The van der Waals surface area contributed by atoms with E-state index in [1.165, 1.54) is 41.3 Å². The third-order valence-electron chi connectivity index (χ3n) is 7.41. The standard InChI is InChI=1S/C27H35N3O6S/c1-5-8-14-27(4,7-3)18(6-2)17-30-24(31)22-13-12-20(16-23(22)25(30)32)29-26(33)28-19-10-9-11-21(15-19)37(34,35)36/h9-13,15-16,18H,5-8,14,17H2,1-4H3,(H2,28,29,33)(H,34,35,36). The minimum absolute atomic E-state index is 0.0254. The van der Waals surface area contributed by atoms with Crippen molar-refractivity contribution in [3.8, 4) is 0 Å². The van der Waals surface area contributed by atoms with Crippen LogP contribution in [0.5, 0.6) is 0 Å². The minimum Gasteiger partial charge on any atom is -0.308 e. The molecule has 2 unspecified atom stereocenters. The summed E-state index contributed by atoms with van der Waals surface area (Å²) in [5, 5.41) is 5.08. The molecule has 2 aromatic carbocycles. The number of urea groups is 1. The molecule has 0 aliphatic carbocycles. The van der Waals surface area contributed by atoms with Crippen molar-refractivity contribution in [2.24, 2.45) is 11.3 Å². The lowest BCUT2D eigenvalue weighted by Crippen LogP contribution is -2.40. The topological polar surface area (TPSA) is 133 Å². The maximum Gasteiger partial charge on any atom is 0.323 e. The predicted octanol–water partition coefficient (Wildman–Crippen LogP) is 5.81. The van der Waals surface area contributed by atoms with Gasteiger partial charge < -0.3 is 10.6 Å². The summed E-state index contributed by atoms with van der Waals surface area (Å²) >= 11 is 0. The van der Waals surface area contributed by atoms with Crippen LogP contribution >= 0.6 is 0 Å². The molecule has 0 radical (unpaired) electrons. The molecule has 37 heavy (non-hydrogen) atoms. The number of rotatable bonds is 11. The highest BCUT2D eigenvalue weighted by atomic mass is 32.2. The van der Waals surface area contributed by atoms with Crippen LogP contribution < -0.4 is 10.6 Å². The van der Waals surface area contributed by atoms with Gasteiger partial charge in [-0.15, -0.1) is 0 Å². The van der Waals surface area contributed by atoms with E-state index in [4.69, 9.17) is 0 Å². The molecule has 0 spiro atoms. The number of nitrogens with zero attached hydrogens (tertiary/aromatic N) is 1. The number of amides is 4. The molecule has 2 atom stereocenters. The van der Waals surface area contributed by atoms with E-state index in [1.807, 2.05) is 0 Å². The van der Waals surface area contributed by atoms with E-state index >= 15 is 0 Å². The van der Waals surface area contributed by atoms with Crippen LogP contribution in [0.3, 0.4) is 0 Å². The van der Waals surface area contributed by atoms with E-state index in [0.717, 1.165) is 38.2 Å². The first-order valence-electron chi connectivity index (χ1n) is 12.6. The zero-order valence-corrected chi connectivity index (χ0v) is 22.5. The Morgan fingerprint density at radius 1 is 1.00 bits per heavy atom. The molecule has 0 aromatic heterocycles. The van der Waals surface area contributed by atoms with Crippen LogP contribution in [-0.4, -0.2) is 42.3 Å². The lowest BCUT2D eigenvalue weighted by atomic mass is 9.70. The molecule has 200 valence electrons. The number of fused-ring (bicyclic) bond motifs is 1. The molecule has 0 saturated carbocycles. The van der Waals surface area contributed by atoms with Crippen LogP contribution in [0.25, 0.3) is 0 Å².